The van der Waals surface area contributed by atoms with Crippen molar-refractivity contribution < 1.29 is 18.3 Å². The lowest BCUT2D eigenvalue weighted by atomic mass is 9.84. The Morgan fingerprint density at radius 1 is 1.14 bits per heavy atom. The highest BCUT2D eigenvalue weighted by molar-refractivity contribution is 7.94. The summed E-state index contributed by atoms with van der Waals surface area (Å²) < 4.78 is 25.4. The molecule has 0 fully saturated rings. The molecule has 2 aliphatic heterocycles. The fourth-order valence-electron chi connectivity index (χ4n) is 3.78. The molecule has 1 aromatic rings. The molecule has 0 bridgehead atoms. The zero-order valence-electron chi connectivity index (χ0n) is 17.1. The van der Waals surface area contributed by atoms with E-state index in [1.54, 1.807) is 23.1 Å². The quantitative estimate of drug-likeness (QED) is 0.799. The van der Waals surface area contributed by atoms with Crippen molar-refractivity contribution in [2.75, 3.05) is 5.32 Å². The average molecular weight is 405 g/mol. The molecular formula is C21H28N2O4S. The number of benzene rings is 1. The number of hydrogen-bond donors (Lipinski definition) is 2. The summed E-state index contributed by atoms with van der Waals surface area (Å²) in [5.74, 6) is -0.260. The first-order valence-electron chi connectivity index (χ1n) is 9.45. The van der Waals surface area contributed by atoms with Gasteiger partial charge in [-0.2, -0.15) is 0 Å². The van der Waals surface area contributed by atoms with Crippen LogP contribution in [0.25, 0.3) is 0 Å². The number of para-hydroxylation sites is 1. The van der Waals surface area contributed by atoms with Crippen molar-refractivity contribution in [3.05, 3.63) is 46.7 Å². The largest absolute Gasteiger partial charge is 0.509 e. The number of fused-ring (bicyclic) bond motifs is 1. The zero-order valence-corrected chi connectivity index (χ0v) is 18.0. The molecule has 3 rings (SSSR count). The van der Waals surface area contributed by atoms with Crippen molar-refractivity contribution in [1.29, 1.82) is 0 Å². The molecule has 0 saturated carbocycles. The molecule has 1 aromatic carbocycles. The van der Waals surface area contributed by atoms with Crippen molar-refractivity contribution >= 4 is 21.4 Å². The highest BCUT2D eigenvalue weighted by Gasteiger charge is 2.49. The van der Waals surface area contributed by atoms with Gasteiger partial charge in [0.2, 0.25) is 9.84 Å². The fourth-order valence-corrected chi connectivity index (χ4v) is 5.09. The highest BCUT2D eigenvalue weighted by Crippen LogP contribution is 2.42. The number of carbonyl (C=O) groups excluding carboxylic acids is 1. The Balaban J connectivity index is 2.15. The Morgan fingerprint density at radius 2 is 1.75 bits per heavy atom. The highest BCUT2D eigenvalue weighted by atomic mass is 32.2. The average Bonchev–Trinajstić information content (AvgIpc) is 2.84. The lowest BCUT2D eigenvalue weighted by Gasteiger charge is -2.40. The van der Waals surface area contributed by atoms with E-state index in [2.05, 4.69) is 5.32 Å². The smallest absolute Gasteiger partial charge is 0.260 e. The number of carbonyl (C=O) groups is 1. The Bertz CT molecular complexity index is 984. The molecule has 7 heteroatoms. The molecule has 1 unspecified atom stereocenters. The van der Waals surface area contributed by atoms with Crippen molar-refractivity contribution in [2.45, 2.75) is 58.5 Å². The summed E-state index contributed by atoms with van der Waals surface area (Å²) in [6, 6.07) is 5.88. The van der Waals surface area contributed by atoms with Crippen LogP contribution in [0.15, 0.2) is 51.6 Å². The van der Waals surface area contributed by atoms with Crippen molar-refractivity contribution in [1.82, 2.24) is 4.90 Å². The zero-order chi connectivity index (χ0) is 21.0. The van der Waals surface area contributed by atoms with Crippen molar-refractivity contribution in [3.63, 3.8) is 0 Å². The maximum Gasteiger partial charge on any atom is 0.260 e. The van der Waals surface area contributed by atoms with Gasteiger partial charge in [0.15, 0.2) is 0 Å². The van der Waals surface area contributed by atoms with Crippen LogP contribution in [0.2, 0.25) is 0 Å². The van der Waals surface area contributed by atoms with Gasteiger partial charge >= 0.3 is 0 Å². The molecule has 6 nitrogen and oxygen atoms in total. The molecular weight excluding hydrogens is 376 g/mol. The summed E-state index contributed by atoms with van der Waals surface area (Å²) in [4.78, 5) is 15.2. The second-order valence-corrected chi connectivity index (χ2v) is 10.7. The molecule has 2 aliphatic rings. The number of aliphatic hydroxyl groups is 1. The van der Waals surface area contributed by atoms with Gasteiger partial charge in [-0.05, 0) is 30.4 Å². The SMILES string of the molecule is CC(C)C(C)N1C(=O)C(C2=CS(=O)(=O)c3ccccc3N2)=C(O)[C@@H]1C(C)(C)C. The molecule has 0 spiro atoms. The first-order valence-corrected chi connectivity index (χ1v) is 11.0. The summed E-state index contributed by atoms with van der Waals surface area (Å²) in [5, 5.41) is 15.1. The van der Waals surface area contributed by atoms with Crippen molar-refractivity contribution in [3.8, 4) is 0 Å². The number of aliphatic hydroxyl groups excluding tert-OH is 1. The molecule has 0 aromatic heterocycles. The molecule has 28 heavy (non-hydrogen) atoms. The van der Waals surface area contributed by atoms with Crippen LogP contribution in [-0.4, -0.2) is 36.4 Å². The van der Waals surface area contributed by atoms with E-state index >= 15 is 0 Å². The Hall–Kier alpha value is -2.28. The van der Waals surface area contributed by atoms with Gasteiger partial charge in [-0.3, -0.25) is 4.79 Å². The standard InChI is InChI=1S/C21H28N2O4S/c1-12(2)13(3)23-19(21(4,5)6)18(24)17(20(23)25)15-11-28(26,27)16-10-8-7-9-14(16)22-15/h7-13,19,22,24H,1-6H3/t13?,19-/m1/s1. The number of anilines is 1. The van der Waals surface area contributed by atoms with Gasteiger partial charge in [-0.1, -0.05) is 46.8 Å². The van der Waals surface area contributed by atoms with E-state index in [1.165, 1.54) is 6.07 Å². The summed E-state index contributed by atoms with van der Waals surface area (Å²) in [6.07, 6.45) is 0. The van der Waals surface area contributed by atoms with E-state index in [0.29, 0.717) is 5.69 Å². The minimum absolute atomic E-state index is 0.0329. The van der Waals surface area contributed by atoms with Gasteiger partial charge in [0, 0.05) is 6.04 Å². The van der Waals surface area contributed by atoms with E-state index < -0.39 is 21.3 Å². The van der Waals surface area contributed by atoms with E-state index in [0.717, 1.165) is 5.41 Å². The molecule has 0 saturated heterocycles. The van der Waals surface area contributed by atoms with Gasteiger partial charge in [0.25, 0.3) is 5.91 Å². The summed E-state index contributed by atoms with van der Waals surface area (Å²) >= 11 is 0. The summed E-state index contributed by atoms with van der Waals surface area (Å²) in [5.41, 5.74) is 0.131. The maximum atomic E-state index is 13.4. The lowest BCUT2D eigenvalue weighted by Crippen LogP contribution is -2.50. The lowest BCUT2D eigenvalue weighted by molar-refractivity contribution is -0.132. The number of nitrogens with zero attached hydrogens (tertiary/aromatic N) is 1. The molecule has 152 valence electrons. The second-order valence-electron chi connectivity index (χ2n) is 8.92. The fraction of sp³-hybridized carbons (Fsp3) is 0.476. The predicted octanol–water partition coefficient (Wildman–Crippen LogP) is 3.84. The molecule has 0 aliphatic carbocycles. The third-order valence-electron chi connectivity index (χ3n) is 5.47. The van der Waals surface area contributed by atoms with Gasteiger partial charge in [-0.15, -0.1) is 0 Å². The minimum Gasteiger partial charge on any atom is -0.509 e. The van der Waals surface area contributed by atoms with Crippen molar-refractivity contribution in [2.24, 2.45) is 11.3 Å². The summed E-state index contributed by atoms with van der Waals surface area (Å²) in [7, 11) is -3.72. The van der Waals surface area contributed by atoms with Crippen LogP contribution in [0.1, 0.15) is 41.5 Å². The van der Waals surface area contributed by atoms with Crippen LogP contribution in [-0.2, 0) is 14.6 Å². The number of rotatable bonds is 3. The van der Waals surface area contributed by atoms with E-state index in [9.17, 15) is 18.3 Å². The van der Waals surface area contributed by atoms with E-state index in [1.807, 2.05) is 41.5 Å². The third kappa shape index (κ3) is 3.21. The Morgan fingerprint density at radius 3 is 2.32 bits per heavy atom. The van der Waals surface area contributed by atoms with Gasteiger partial charge in [-0.25, -0.2) is 8.42 Å². The summed E-state index contributed by atoms with van der Waals surface area (Å²) in [6.45, 7) is 11.9. The molecule has 2 atom stereocenters. The van der Waals surface area contributed by atoms with Crippen LogP contribution in [0.3, 0.4) is 0 Å². The molecule has 1 amide bonds. The van der Waals surface area contributed by atoms with Crippen LogP contribution in [0.5, 0.6) is 0 Å². The van der Waals surface area contributed by atoms with Gasteiger partial charge in [0.05, 0.1) is 27.7 Å². The minimum atomic E-state index is -3.72. The number of amides is 1. The number of hydrogen-bond acceptors (Lipinski definition) is 5. The maximum absolute atomic E-state index is 13.4. The van der Waals surface area contributed by atoms with E-state index in [-0.39, 0.29) is 39.8 Å². The van der Waals surface area contributed by atoms with Crippen LogP contribution in [0, 0.1) is 11.3 Å². The number of nitrogens with one attached hydrogen (secondary N) is 1. The predicted molar refractivity (Wildman–Crippen MR) is 109 cm³/mol. The second kappa shape index (κ2) is 6.65. The van der Waals surface area contributed by atoms with Crippen LogP contribution < -0.4 is 5.32 Å². The van der Waals surface area contributed by atoms with E-state index in [4.69, 9.17) is 0 Å². The van der Waals surface area contributed by atoms with Crippen LogP contribution >= 0.6 is 0 Å². The first kappa shape index (κ1) is 20.5. The molecule has 2 heterocycles. The topological polar surface area (TPSA) is 86.7 Å². The van der Waals surface area contributed by atoms with Crippen LogP contribution in [0.4, 0.5) is 5.69 Å². The van der Waals surface area contributed by atoms with Gasteiger partial charge in [0.1, 0.15) is 11.3 Å². The third-order valence-corrected chi connectivity index (χ3v) is 6.99. The Labute approximate surface area is 166 Å². The molecule has 2 N–H and O–H groups in total. The molecule has 0 radical (unpaired) electrons. The normalized spacial score (nSPS) is 22.8. The Kier molecular flexibility index (Phi) is 4.86. The monoisotopic (exact) mass is 404 g/mol. The van der Waals surface area contributed by atoms with Gasteiger partial charge < -0.3 is 15.3 Å². The number of sulfone groups is 1. The first-order chi connectivity index (χ1) is 12.9.